The zero-order chi connectivity index (χ0) is 9.53. The molecule has 2 fully saturated rings. The molecule has 0 radical (unpaired) electrons. The maximum atomic E-state index is 2.42. The van der Waals surface area contributed by atoms with Crippen LogP contribution in [0, 0.1) is 11.3 Å². The van der Waals surface area contributed by atoms with Gasteiger partial charge < -0.3 is 0 Å². The molecule has 2 saturated carbocycles. The van der Waals surface area contributed by atoms with Gasteiger partial charge in [-0.05, 0) is 37.0 Å². The van der Waals surface area contributed by atoms with Crippen LogP contribution in [0.1, 0.15) is 51.9 Å². The fourth-order valence-electron chi connectivity index (χ4n) is 3.53. The maximum absolute atomic E-state index is 2.42. The van der Waals surface area contributed by atoms with E-state index in [0.717, 1.165) is 11.3 Å². The highest BCUT2D eigenvalue weighted by molar-refractivity contribution is 6.39. The second-order valence-corrected chi connectivity index (χ2v) is 6.51. The van der Waals surface area contributed by atoms with Crippen LogP contribution in [0.25, 0.3) is 0 Å². The fraction of sp³-hybridized carbons (Fsp3) is 1.00. The van der Waals surface area contributed by atoms with E-state index in [1.807, 2.05) is 0 Å². The van der Waals surface area contributed by atoms with Crippen LogP contribution in [0.2, 0.25) is 5.21 Å². The van der Waals surface area contributed by atoms with E-state index in [2.05, 4.69) is 22.6 Å². The van der Waals surface area contributed by atoms with Gasteiger partial charge in [-0.1, -0.05) is 31.4 Å². The molecule has 72 valence electrons. The molecule has 2 rings (SSSR count). The van der Waals surface area contributed by atoms with Gasteiger partial charge in [0, 0.05) is 0 Å². The van der Waals surface area contributed by atoms with E-state index in [1.54, 1.807) is 12.8 Å². The molecular formula is C11H22B2. The van der Waals surface area contributed by atoms with Gasteiger partial charge in [0.25, 0.3) is 0 Å². The SMILES string of the molecule is BC(B)(C)C1CCC2(CCCC2)C1. The highest BCUT2D eigenvalue weighted by Gasteiger charge is 2.43. The summed E-state index contributed by atoms with van der Waals surface area (Å²) in [6.07, 6.45) is 10.7. The summed E-state index contributed by atoms with van der Waals surface area (Å²) >= 11 is 0. The minimum atomic E-state index is 0.562. The highest BCUT2D eigenvalue weighted by Crippen LogP contribution is 2.56. The van der Waals surface area contributed by atoms with Gasteiger partial charge in [0.2, 0.25) is 0 Å². The molecule has 2 heteroatoms. The number of hydrogen-bond donors (Lipinski definition) is 0. The van der Waals surface area contributed by atoms with Crippen molar-refractivity contribution in [3.05, 3.63) is 0 Å². The van der Waals surface area contributed by atoms with Crippen LogP contribution in [-0.4, -0.2) is 15.7 Å². The minimum absolute atomic E-state index is 0.562. The summed E-state index contributed by atoms with van der Waals surface area (Å²) in [6, 6.07) is 0. The maximum Gasteiger partial charge on any atom is 0.0992 e. The Morgan fingerprint density at radius 1 is 1.15 bits per heavy atom. The van der Waals surface area contributed by atoms with Crippen molar-refractivity contribution < 1.29 is 0 Å². The molecule has 1 unspecified atom stereocenters. The highest BCUT2D eigenvalue weighted by atomic mass is 14.5. The quantitative estimate of drug-likeness (QED) is 0.533. The monoisotopic (exact) mass is 176 g/mol. The minimum Gasteiger partial charge on any atom is -0.0845 e. The van der Waals surface area contributed by atoms with Crippen molar-refractivity contribution in [2.24, 2.45) is 11.3 Å². The molecule has 0 bridgehead atoms. The van der Waals surface area contributed by atoms with Gasteiger partial charge in [-0.3, -0.25) is 0 Å². The van der Waals surface area contributed by atoms with Crippen LogP contribution >= 0.6 is 0 Å². The first-order valence-electron chi connectivity index (χ1n) is 6.02. The van der Waals surface area contributed by atoms with E-state index in [1.165, 1.54) is 32.1 Å². The molecule has 0 heterocycles. The van der Waals surface area contributed by atoms with Crippen molar-refractivity contribution in [1.82, 2.24) is 0 Å². The van der Waals surface area contributed by atoms with Crippen molar-refractivity contribution in [3.63, 3.8) is 0 Å². The van der Waals surface area contributed by atoms with Crippen molar-refractivity contribution in [2.75, 3.05) is 0 Å². The Labute approximate surface area is 84.7 Å². The van der Waals surface area contributed by atoms with Gasteiger partial charge in [-0.2, -0.15) is 0 Å². The summed E-state index contributed by atoms with van der Waals surface area (Å²) in [7, 11) is 4.84. The van der Waals surface area contributed by atoms with E-state index in [4.69, 9.17) is 0 Å². The van der Waals surface area contributed by atoms with Gasteiger partial charge in [0.1, 0.15) is 0 Å². The van der Waals surface area contributed by atoms with Crippen LogP contribution in [-0.2, 0) is 0 Å². The van der Waals surface area contributed by atoms with Crippen LogP contribution in [0.4, 0.5) is 0 Å². The zero-order valence-corrected chi connectivity index (χ0v) is 9.53. The Hall–Kier alpha value is 0.130. The predicted molar refractivity (Wildman–Crippen MR) is 63.7 cm³/mol. The topological polar surface area (TPSA) is 0 Å². The molecule has 0 aliphatic heterocycles. The first-order chi connectivity index (χ1) is 6.02. The largest absolute Gasteiger partial charge is 0.0992 e. The Morgan fingerprint density at radius 2 is 1.77 bits per heavy atom. The van der Waals surface area contributed by atoms with E-state index in [-0.39, 0.29) is 0 Å². The first kappa shape index (κ1) is 9.68. The second-order valence-electron chi connectivity index (χ2n) is 6.51. The average Bonchev–Trinajstić information content (AvgIpc) is 2.60. The fourth-order valence-corrected chi connectivity index (χ4v) is 3.53. The molecule has 0 saturated heterocycles. The van der Waals surface area contributed by atoms with Gasteiger partial charge >= 0.3 is 0 Å². The third kappa shape index (κ3) is 1.82. The van der Waals surface area contributed by atoms with Gasteiger partial charge in [0.15, 0.2) is 0 Å². The molecule has 0 amide bonds. The Balaban J connectivity index is 2.01. The standard InChI is InChI=1S/C11H22B2/c1-10(12,13)9-4-7-11(8-9)5-2-3-6-11/h9H,2-8,12-13H2,1H3. The summed E-state index contributed by atoms with van der Waals surface area (Å²) in [4.78, 5) is 0. The molecule has 0 aromatic heterocycles. The van der Waals surface area contributed by atoms with Crippen LogP contribution in [0.5, 0.6) is 0 Å². The normalized spacial score (nSPS) is 32.8. The van der Waals surface area contributed by atoms with Crippen molar-refractivity contribution in [2.45, 2.75) is 57.1 Å². The zero-order valence-electron chi connectivity index (χ0n) is 9.53. The smallest absolute Gasteiger partial charge is 0.0845 e. The number of hydrogen-bond acceptors (Lipinski definition) is 0. The van der Waals surface area contributed by atoms with Crippen molar-refractivity contribution >= 4 is 15.7 Å². The summed E-state index contributed by atoms with van der Waals surface area (Å²) in [5.74, 6) is 1.01. The lowest BCUT2D eigenvalue weighted by atomic mass is 9.49. The summed E-state index contributed by atoms with van der Waals surface area (Å²) in [5, 5.41) is 0.562. The van der Waals surface area contributed by atoms with E-state index >= 15 is 0 Å². The molecule has 13 heavy (non-hydrogen) atoms. The van der Waals surface area contributed by atoms with Crippen LogP contribution in [0.3, 0.4) is 0 Å². The molecule has 0 nitrogen and oxygen atoms in total. The number of rotatable bonds is 1. The average molecular weight is 176 g/mol. The summed E-state index contributed by atoms with van der Waals surface area (Å²) in [6.45, 7) is 2.42. The third-order valence-corrected chi connectivity index (χ3v) is 4.59. The summed E-state index contributed by atoms with van der Waals surface area (Å²) < 4.78 is 0. The lowest BCUT2D eigenvalue weighted by Gasteiger charge is -2.29. The van der Waals surface area contributed by atoms with Crippen molar-refractivity contribution in [3.8, 4) is 0 Å². The molecule has 0 aromatic carbocycles. The first-order valence-corrected chi connectivity index (χ1v) is 6.02. The molecule has 0 N–H and O–H groups in total. The van der Waals surface area contributed by atoms with Crippen LogP contribution in [0.15, 0.2) is 0 Å². The van der Waals surface area contributed by atoms with E-state index in [9.17, 15) is 0 Å². The van der Waals surface area contributed by atoms with Gasteiger partial charge in [0.05, 0.1) is 15.7 Å². The van der Waals surface area contributed by atoms with E-state index in [0.29, 0.717) is 5.21 Å². The lowest BCUT2D eigenvalue weighted by Crippen LogP contribution is -2.20. The second kappa shape index (κ2) is 3.07. The molecule has 0 aromatic rings. The van der Waals surface area contributed by atoms with Crippen molar-refractivity contribution in [1.29, 1.82) is 0 Å². The summed E-state index contributed by atoms with van der Waals surface area (Å²) in [5.41, 5.74) is 0.817. The molecular weight excluding hydrogens is 154 g/mol. The van der Waals surface area contributed by atoms with Crippen LogP contribution < -0.4 is 0 Å². The van der Waals surface area contributed by atoms with Gasteiger partial charge in [-0.15, -0.1) is 0 Å². The third-order valence-electron chi connectivity index (χ3n) is 4.59. The molecule has 2 aliphatic rings. The Bertz CT molecular complexity index is 187. The Kier molecular flexibility index (Phi) is 2.28. The molecule has 2 aliphatic carbocycles. The van der Waals surface area contributed by atoms with E-state index < -0.39 is 0 Å². The van der Waals surface area contributed by atoms with Gasteiger partial charge in [-0.25, -0.2) is 0 Å². The lowest BCUT2D eigenvalue weighted by molar-refractivity contribution is 0.289. The molecule has 1 spiro atoms. The predicted octanol–water partition coefficient (Wildman–Crippen LogP) is 1.75. The Morgan fingerprint density at radius 3 is 2.23 bits per heavy atom. The molecule has 1 atom stereocenters.